The van der Waals surface area contributed by atoms with Crippen LogP contribution in [0.3, 0.4) is 0 Å². The largest absolute Gasteiger partial charge is 0.478 e. The first-order chi connectivity index (χ1) is 8.16. The second-order valence-corrected chi connectivity index (χ2v) is 5.06. The van der Waals surface area contributed by atoms with Gasteiger partial charge in [0, 0.05) is 20.7 Å². The summed E-state index contributed by atoms with van der Waals surface area (Å²) >= 11 is 8.15. The van der Waals surface area contributed by atoms with E-state index in [-0.39, 0.29) is 5.56 Å². The molecule has 0 radical (unpaired) electrons. The zero-order valence-electron chi connectivity index (χ0n) is 8.42. The van der Waals surface area contributed by atoms with Gasteiger partial charge in [0.05, 0.1) is 12.0 Å². The molecule has 0 saturated heterocycles. The van der Waals surface area contributed by atoms with Crippen molar-refractivity contribution < 1.29 is 14.1 Å². The lowest BCUT2D eigenvalue weighted by Crippen LogP contribution is -1.95. The number of hydrogen-bond donors (Lipinski definition) is 1. The van der Waals surface area contributed by atoms with Gasteiger partial charge in [-0.1, -0.05) is 11.6 Å². The SMILES string of the molecule is O=C(O)c1cscc1OSc1ccc(Cl)cc1. The van der Waals surface area contributed by atoms with Crippen LogP contribution in [0.15, 0.2) is 39.9 Å². The number of hydrogen-bond acceptors (Lipinski definition) is 4. The van der Waals surface area contributed by atoms with Crippen molar-refractivity contribution in [3.05, 3.63) is 45.6 Å². The van der Waals surface area contributed by atoms with Crippen molar-refractivity contribution in [1.82, 2.24) is 0 Å². The molecule has 3 nitrogen and oxygen atoms in total. The van der Waals surface area contributed by atoms with E-state index in [2.05, 4.69) is 0 Å². The van der Waals surface area contributed by atoms with E-state index in [9.17, 15) is 4.79 Å². The van der Waals surface area contributed by atoms with E-state index in [1.807, 2.05) is 0 Å². The van der Waals surface area contributed by atoms with Gasteiger partial charge in [-0.3, -0.25) is 0 Å². The lowest BCUT2D eigenvalue weighted by Gasteiger charge is -2.03. The fourth-order valence-electron chi connectivity index (χ4n) is 1.09. The second kappa shape index (κ2) is 5.44. The molecule has 88 valence electrons. The van der Waals surface area contributed by atoms with Crippen LogP contribution in [0.5, 0.6) is 5.75 Å². The predicted octanol–water partition coefficient (Wildman–Crippen LogP) is 4.19. The monoisotopic (exact) mass is 286 g/mol. The molecular weight excluding hydrogens is 280 g/mol. The highest BCUT2D eigenvalue weighted by atomic mass is 35.5. The molecule has 0 aliphatic heterocycles. The van der Waals surface area contributed by atoms with Crippen LogP contribution in [0.2, 0.25) is 5.02 Å². The maximum atomic E-state index is 10.8. The van der Waals surface area contributed by atoms with Crippen LogP contribution >= 0.6 is 35.0 Å². The van der Waals surface area contributed by atoms with Gasteiger partial charge in [0.2, 0.25) is 0 Å². The molecule has 1 N–H and O–H groups in total. The van der Waals surface area contributed by atoms with E-state index in [0.29, 0.717) is 10.8 Å². The van der Waals surface area contributed by atoms with Gasteiger partial charge in [0.25, 0.3) is 0 Å². The summed E-state index contributed by atoms with van der Waals surface area (Å²) in [4.78, 5) is 11.7. The zero-order valence-corrected chi connectivity index (χ0v) is 10.8. The molecule has 0 atom stereocenters. The van der Waals surface area contributed by atoms with Crippen LogP contribution in [-0.4, -0.2) is 11.1 Å². The topological polar surface area (TPSA) is 46.5 Å². The Morgan fingerprint density at radius 1 is 1.29 bits per heavy atom. The molecule has 2 rings (SSSR count). The molecule has 0 aliphatic rings. The minimum atomic E-state index is -0.988. The molecule has 0 spiro atoms. The average Bonchev–Trinajstić information content (AvgIpc) is 2.76. The summed E-state index contributed by atoms with van der Waals surface area (Å²) in [5.41, 5.74) is 0.177. The van der Waals surface area contributed by atoms with Gasteiger partial charge in [-0.15, -0.1) is 11.3 Å². The number of rotatable bonds is 4. The van der Waals surface area contributed by atoms with Gasteiger partial charge in [-0.05, 0) is 24.3 Å². The fraction of sp³-hybridized carbons (Fsp3) is 0. The molecule has 1 aromatic heterocycles. The zero-order chi connectivity index (χ0) is 12.3. The molecule has 2 aromatic rings. The Balaban J connectivity index is 2.05. The lowest BCUT2D eigenvalue weighted by atomic mass is 10.3. The number of benzene rings is 1. The van der Waals surface area contributed by atoms with Gasteiger partial charge in [0.1, 0.15) is 5.56 Å². The molecule has 17 heavy (non-hydrogen) atoms. The maximum Gasteiger partial charge on any atom is 0.340 e. The van der Waals surface area contributed by atoms with Crippen molar-refractivity contribution in [1.29, 1.82) is 0 Å². The van der Waals surface area contributed by atoms with Crippen LogP contribution in [0, 0.1) is 0 Å². The van der Waals surface area contributed by atoms with Crippen LogP contribution in [-0.2, 0) is 0 Å². The van der Waals surface area contributed by atoms with Crippen LogP contribution in [0.25, 0.3) is 0 Å². The summed E-state index contributed by atoms with van der Waals surface area (Å²) in [6, 6.07) is 7.11. The molecule has 1 heterocycles. The number of thiophene rings is 1. The molecule has 0 unspecified atom stereocenters. The van der Waals surface area contributed by atoms with Crippen molar-refractivity contribution in [2.75, 3.05) is 0 Å². The van der Waals surface area contributed by atoms with E-state index < -0.39 is 5.97 Å². The van der Waals surface area contributed by atoms with Gasteiger partial charge in [0.15, 0.2) is 5.75 Å². The van der Waals surface area contributed by atoms with Gasteiger partial charge in [-0.2, -0.15) is 0 Å². The first-order valence-electron chi connectivity index (χ1n) is 4.56. The van der Waals surface area contributed by atoms with Crippen molar-refractivity contribution >= 4 is 40.9 Å². The minimum absolute atomic E-state index is 0.177. The summed E-state index contributed by atoms with van der Waals surface area (Å²) in [6.45, 7) is 0. The highest BCUT2D eigenvalue weighted by Crippen LogP contribution is 2.30. The summed E-state index contributed by atoms with van der Waals surface area (Å²) < 4.78 is 5.37. The van der Waals surface area contributed by atoms with Gasteiger partial charge >= 0.3 is 5.97 Å². The molecule has 0 aliphatic carbocycles. The smallest absolute Gasteiger partial charge is 0.340 e. The summed E-state index contributed by atoms with van der Waals surface area (Å²) in [5, 5.41) is 12.7. The van der Waals surface area contributed by atoms with Crippen molar-refractivity contribution in [2.45, 2.75) is 4.90 Å². The van der Waals surface area contributed by atoms with Gasteiger partial charge in [-0.25, -0.2) is 4.79 Å². The summed E-state index contributed by atoms with van der Waals surface area (Å²) in [6.07, 6.45) is 0. The van der Waals surface area contributed by atoms with E-state index in [4.69, 9.17) is 20.9 Å². The Kier molecular flexibility index (Phi) is 3.93. The first-order valence-corrected chi connectivity index (χ1v) is 6.62. The Bertz CT molecular complexity index is 522. The Labute approximate surface area is 111 Å². The van der Waals surface area contributed by atoms with E-state index in [1.165, 1.54) is 11.3 Å². The maximum absolute atomic E-state index is 10.8. The fourth-order valence-corrected chi connectivity index (χ4v) is 2.57. The molecule has 1 aromatic carbocycles. The molecule has 0 saturated carbocycles. The Morgan fingerprint density at radius 3 is 2.65 bits per heavy atom. The van der Waals surface area contributed by atoms with E-state index in [1.54, 1.807) is 35.0 Å². The molecule has 0 bridgehead atoms. The number of halogens is 1. The van der Waals surface area contributed by atoms with Crippen LogP contribution in [0.1, 0.15) is 10.4 Å². The molecular formula is C11H7ClO3S2. The standard InChI is InChI=1S/C11H7ClO3S2/c12-7-1-3-8(4-2-7)17-15-10-6-16-5-9(10)11(13)14/h1-6H,(H,13,14). The Hall–Kier alpha value is -1.17. The average molecular weight is 287 g/mol. The predicted molar refractivity (Wildman–Crippen MR) is 69.2 cm³/mol. The first kappa shape index (κ1) is 12.3. The third kappa shape index (κ3) is 3.15. The third-order valence-corrected chi connectivity index (χ3v) is 3.60. The highest BCUT2D eigenvalue weighted by Gasteiger charge is 2.13. The highest BCUT2D eigenvalue weighted by molar-refractivity contribution is 7.95. The Morgan fingerprint density at radius 2 is 2.00 bits per heavy atom. The summed E-state index contributed by atoms with van der Waals surface area (Å²) in [7, 11) is 0. The van der Waals surface area contributed by atoms with Gasteiger partial charge < -0.3 is 9.29 Å². The number of carboxylic acid groups (broad SMARTS) is 1. The number of carboxylic acids is 1. The molecule has 0 fully saturated rings. The van der Waals surface area contributed by atoms with Crippen molar-refractivity contribution in [3.8, 4) is 5.75 Å². The second-order valence-electron chi connectivity index (χ2n) is 3.08. The normalized spacial score (nSPS) is 10.2. The number of carbonyl (C=O) groups is 1. The van der Waals surface area contributed by atoms with E-state index >= 15 is 0 Å². The van der Waals surface area contributed by atoms with E-state index in [0.717, 1.165) is 16.9 Å². The molecule has 6 heteroatoms. The minimum Gasteiger partial charge on any atom is -0.478 e. The molecule has 0 amide bonds. The third-order valence-electron chi connectivity index (χ3n) is 1.90. The lowest BCUT2D eigenvalue weighted by molar-refractivity contribution is 0.0696. The summed E-state index contributed by atoms with van der Waals surface area (Å²) in [5.74, 6) is -0.625. The van der Waals surface area contributed by atoms with Crippen LogP contribution in [0.4, 0.5) is 0 Å². The quantitative estimate of drug-likeness (QED) is 0.856. The van der Waals surface area contributed by atoms with Crippen molar-refractivity contribution in [3.63, 3.8) is 0 Å². The van der Waals surface area contributed by atoms with Crippen molar-refractivity contribution in [2.24, 2.45) is 0 Å². The number of aromatic carboxylic acids is 1. The van der Waals surface area contributed by atoms with Crippen LogP contribution < -0.4 is 4.18 Å².